The Morgan fingerprint density at radius 1 is 1.31 bits per heavy atom. The molecule has 0 saturated carbocycles. The molecule has 1 aromatic rings. The van der Waals surface area contributed by atoms with Crippen molar-refractivity contribution in [3.63, 3.8) is 0 Å². The minimum absolute atomic E-state index is 0.174. The Morgan fingerprint density at radius 2 is 1.94 bits per heavy atom. The van der Waals surface area contributed by atoms with Gasteiger partial charge in [-0.15, -0.1) is 0 Å². The minimum atomic E-state index is 0.174. The summed E-state index contributed by atoms with van der Waals surface area (Å²) in [4.78, 5) is 10.9. The Kier molecular flexibility index (Phi) is 4.77. The van der Waals surface area contributed by atoms with E-state index in [-0.39, 0.29) is 5.78 Å². The van der Waals surface area contributed by atoms with Crippen LogP contribution in [-0.4, -0.2) is 12.4 Å². The van der Waals surface area contributed by atoms with Crippen molar-refractivity contribution in [3.05, 3.63) is 42.0 Å². The second-order valence-electron chi connectivity index (χ2n) is 3.91. The van der Waals surface area contributed by atoms with Crippen LogP contribution in [0.15, 0.2) is 36.4 Å². The normalized spacial score (nSPS) is 9.88. The standard InChI is InChI=1S/C14H18O2/c1-4-11(2)10-16-14-7-5-13(6-8-14)9-12(3)15/h5-8H,2,4,9-10H2,1,3H3. The van der Waals surface area contributed by atoms with Crippen molar-refractivity contribution in [2.75, 3.05) is 6.61 Å². The molecule has 0 bridgehead atoms. The van der Waals surface area contributed by atoms with Gasteiger partial charge in [-0.25, -0.2) is 0 Å². The Hall–Kier alpha value is -1.57. The predicted molar refractivity (Wildman–Crippen MR) is 65.8 cm³/mol. The van der Waals surface area contributed by atoms with E-state index in [1.165, 1.54) is 0 Å². The van der Waals surface area contributed by atoms with E-state index >= 15 is 0 Å². The lowest BCUT2D eigenvalue weighted by atomic mass is 10.1. The highest BCUT2D eigenvalue weighted by atomic mass is 16.5. The zero-order chi connectivity index (χ0) is 12.0. The fraction of sp³-hybridized carbons (Fsp3) is 0.357. The van der Waals surface area contributed by atoms with E-state index in [4.69, 9.17) is 4.74 Å². The summed E-state index contributed by atoms with van der Waals surface area (Å²) in [6, 6.07) is 7.62. The number of carbonyl (C=O) groups excluding carboxylic acids is 1. The summed E-state index contributed by atoms with van der Waals surface area (Å²) in [6.45, 7) is 8.08. The quantitative estimate of drug-likeness (QED) is 0.685. The number of hydrogen-bond donors (Lipinski definition) is 0. The second-order valence-corrected chi connectivity index (χ2v) is 3.91. The average molecular weight is 218 g/mol. The zero-order valence-electron chi connectivity index (χ0n) is 9.95. The molecule has 0 spiro atoms. The molecule has 0 fully saturated rings. The van der Waals surface area contributed by atoms with Crippen LogP contribution in [0, 0.1) is 0 Å². The molecule has 0 atom stereocenters. The van der Waals surface area contributed by atoms with Gasteiger partial charge in [0.05, 0.1) is 0 Å². The maximum atomic E-state index is 10.9. The summed E-state index contributed by atoms with van der Waals surface area (Å²) in [5.41, 5.74) is 2.10. The maximum absolute atomic E-state index is 10.9. The molecule has 16 heavy (non-hydrogen) atoms. The summed E-state index contributed by atoms with van der Waals surface area (Å²) >= 11 is 0. The molecule has 0 aliphatic heterocycles. The van der Waals surface area contributed by atoms with Crippen LogP contribution in [0.5, 0.6) is 5.75 Å². The van der Waals surface area contributed by atoms with Gasteiger partial charge < -0.3 is 4.74 Å². The number of ketones is 1. The first-order valence-electron chi connectivity index (χ1n) is 5.49. The summed E-state index contributed by atoms with van der Waals surface area (Å²) in [6.07, 6.45) is 1.42. The van der Waals surface area contributed by atoms with Crippen LogP contribution in [0.4, 0.5) is 0 Å². The number of hydrogen-bond acceptors (Lipinski definition) is 2. The van der Waals surface area contributed by atoms with Gasteiger partial charge in [0.25, 0.3) is 0 Å². The smallest absolute Gasteiger partial charge is 0.134 e. The van der Waals surface area contributed by atoms with E-state index in [2.05, 4.69) is 13.5 Å². The third kappa shape index (κ3) is 4.30. The van der Waals surface area contributed by atoms with Gasteiger partial charge in [-0.3, -0.25) is 4.79 Å². The molecule has 1 aromatic carbocycles. The molecular formula is C14H18O2. The molecule has 0 aromatic heterocycles. The van der Waals surface area contributed by atoms with E-state index in [9.17, 15) is 4.79 Å². The Balaban J connectivity index is 2.51. The largest absolute Gasteiger partial charge is 0.489 e. The molecule has 1 rings (SSSR count). The number of rotatable bonds is 6. The molecule has 0 amide bonds. The fourth-order valence-electron chi connectivity index (χ4n) is 1.28. The van der Waals surface area contributed by atoms with Crippen LogP contribution in [0.1, 0.15) is 25.8 Å². The zero-order valence-corrected chi connectivity index (χ0v) is 9.95. The first kappa shape index (κ1) is 12.5. The average Bonchev–Trinajstić information content (AvgIpc) is 2.27. The highest BCUT2D eigenvalue weighted by Gasteiger charge is 1.99. The Labute approximate surface area is 96.9 Å². The second kappa shape index (κ2) is 6.11. The Bertz CT molecular complexity index is 363. The highest BCUT2D eigenvalue weighted by molar-refractivity contribution is 5.78. The van der Waals surface area contributed by atoms with Crippen molar-refractivity contribution >= 4 is 5.78 Å². The van der Waals surface area contributed by atoms with Crippen molar-refractivity contribution in [3.8, 4) is 5.75 Å². The Morgan fingerprint density at radius 3 is 2.44 bits per heavy atom. The van der Waals surface area contributed by atoms with E-state index < -0.39 is 0 Å². The number of benzene rings is 1. The van der Waals surface area contributed by atoms with E-state index in [1.54, 1.807) is 6.92 Å². The van der Waals surface area contributed by atoms with Crippen LogP contribution >= 0.6 is 0 Å². The fourth-order valence-corrected chi connectivity index (χ4v) is 1.28. The lowest BCUT2D eigenvalue weighted by molar-refractivity contribution is -0.116. The van der Waals surface area contributed by atoms with Gasteiger partial charge in [0, 0.05) is 6.42 Å². The van der Waals surface area contributed by atoms with Crippen molar-refractivity contribution < 1.29 is 9.53 Å². The molecule has 0 unspecified atom stereocenters. The molecule has 0 radical (unpaired) electrons. The molecule has 86 valence electrons. The van der Waals surface area contributed by atoms with Crippen LogP contribution in [0.3, 0.4) is 0 Å². The lowest BCUT2D eigenvalue weighted by Crippen LogP contribution is -2.00. The van der Waals surface area contributed by atoms with Crippen molar-refractivity contribution in [2.45, 2.75) is 26.7 Å². The van der Waals surface area contributed by atoms with Gasteiger partial charge in [-0.1, -0.05) is 25.6 Å². The lowest BCUT2D eigenvalue weighted by Gasteiger charge is -2.07. The molecule has 2 nitrogen and oxygen atoms in total. The van der Waals surface area contributed by atoms with E-state index in [0.717, 1.165) is 23.3 Å². The van der Waals surface area contributed by atoms with Crippen LogP contribution in [-0.2, 0) is 11.2 Å². The third-order valence-corrected chi connectivity index (χ3v) is 2.32. The summed E-state index contributed by atoms with van der Waals surface area (Å²) in [5, 5.41) is 0. The van der Waals surface area contributed by atoms with Gasteiger partial charge in [-0.05, 0) is 36.6 Å². The third-order valence-electron chi connectivity index (χ3n) is 2.32. The van der Waals surface area contributed by atoms with Gasteiger partial charge in [0.15, 0.2) is 0 Å². The van der Waals surface area contributed by atoms with Crippen molar-refractivity contribution in [1.82, 2.24) is 0 Å². The summed E-state index contributed by atoms with van der Waals surface area (Å²) in [5.74, 6) is 0.995. The predicted octanol–water partition coefficient (Wildman–Crippen LogP) is 3.16. The molecule has 0 aliphatic carbocycles. The molecule has 0 saturated heterocycles. The minimum Gasteiger partial charge on any atom is -0.489 e. The maximum Gasteiger partial charge on any atom is 0.134 e. The number of carbonyl (C=O) groups is 1. The van der Waals surface area contributed by atoms with Crippen LogP contribution in [0.2, 0.25) is 0 Å². The van der Waals surface area contributed by atoms with Gasteiger partial charge >= 0.3 is 0 Å². The molecular weight excluding hydrogens is 200 g/mol. The van der Waals surface area contributed by atoms with E-state index in [1.807, 2.05) is 24.3 Å². The van der Waals surface area contributed by atoms with E-state index in [0.29, 0.717) is 13.0 Å². The van der Waals surface area contributed by atoms with Gasteiger partial charge in [-0.2, -0.15) is 0 Å². The first-order chi connectivity index (χ1) is 7.61. The van der Waals surface area contributed by atoms with Crippen molar-refractivity contribution in [2.24, 2.45) is 0 Å². The number of ether oxygens (including phenoxy) is 1. The molecule has 2 heteroatoms. The molecule has 0 heterocycles. The topological polar surface area (TPSA) is 26.3 Å². The summed E-state index contributed by atoms with van der Waals surface area (Å²) in [7, 11) is 0. The monoisotopic (exact) mass is 218 g/mol. The van der Waals surface area contributed by atoms with Gasteiger partial charge in [0.1, 0.15) is 18.1 Å². The summed E-state index contributed by atoms with van der Waals surface area (Å²) < 4.78 is 5.53. The number of Topliss-reactive ketones (excluding diaryl/α,β-unsaturated/α-hetero) is 1. The highest BCUT2D eigenvalue weighted by Crippen LogP contribution is 2.14. The van der Waals surface area contributed by atoms with Crippen LogP contribution in [0.25, 0.3) is 0 Å². The van der Waals surface area contributed by atoms with Crippen LogP contribution < -0.4 is 4.74 Å². The van der Waals surface area contributed by atoms with Gasteiger partial charge in [0.2, 0.25) is 0 Å². The molecule has 0 aliphatic rings. The molecule has 0 N–H and O–H groups in total. The van der Waals surface area contributed by atoms with Crippen molar-refractivity contribution in [1.29, 1.82) is 0 Å². The SMILES string of the molecule is C=C(CC)COc1ccc(CC(C)=O)cc1. The first-order valence-corrected chi connectivity index (χ1v) is 5.49.